The number of benzene rings is 2. The van der Waals surface area contributed by atoms with Crippen LogP contribution in [0.4, 0.5) is 9.59 Å². The molecule has 2 fully saturated rings. The third-order valence-electron chi connectivity index (χ3n) is 11.0. The highest BCUT2D eigenvalue weighted by Gasteiger charge is 2.43. The number of aromatic nitrogens is 4. The normalized spacial score (nSPS) is 19.5. The van der Waals surface area contributed by atoms with Gasteiger partial charge >= 0.3 is 12.2 Å². The van der Waals surface area contributed by atoms with Crippen molar-refractivity contribution in [2.45, 2.75) is 76.4 Å². The van der Waals surface area contributed by atoms with Crippen molar-refractivity contribution in [2.24, 2.45) is 11.8 Å². The smallest absolute Gasteiger partial charge is 0.407 e. The fourth-order valence-corrected chi connectivity index (χ4v) is 9.01. The molecule has 4 aromatic rings. The highest BCUT2D eigenvalue weighted by molar-refractivity contribution is 7.84. The molecular weight excluding hydrogens is 819 g/mol. The number of methoxy groups -OCH3 is 2. The summed E-state index contributed by atoms with van der Waals surface area (Å²) < 4.78 is 22.1. The molecule has 0 spiro atoms. The van der Waals surface area contributed by atoms with Crippen LogP contribution in [0.3, 0.4) is 0 Å². The van der Waals surface area contributed by atoms with Crippen molar-refractivity contribution in [1.29, 1.82) is 0 Å². The van der Waals surface area contributed by atoms with Gasteiger partial charge in [-0.1, -0.05) is 99.4 Å². The van der Waals surface area contributed by atoms with Crippen molar-refractivity contribution in [3.63, 3.8) is 0 Å². The largest absolute Gasteiger partial charge is 0.453 e. The Labute approximate surface area is 355 Å². The first-order chi connectivity index (χ1) is 28.1. The fraction of sp³-hybridized carbons (Fsp3) is 0.463. The van der Waals surface area contributed by atoms with Crippen LogP contribution < -0.4 is 10.6 Å². The minimum Gasteiger partial charge on any atom is -0.453 e. The summed E-state index contributed by atoms with van der Waals surface area (Å²) >= 11 is 13.4. The number of nitrogens with zero attached hydrogens (tertiary/aromatic N) is 4. The summed E-state index contributed by atoms with van der Waals surface area (Å²) in [6.45, 7) is 8.18. The molecule has 4 heterocycles. The van der Waals surface area contributed by atoms with Gasteiger partial charge in [0.2, 0.25) is 11.8 Å². The Kier molecular flexibility index (Phi) is 13.7. The Hall–Kier alpha value is -4.93. The predicted molar refractivity (Wildman–Crippen MR) is 226 cm³/mol. The molecule has 4 N–H and O–H groups in total. The number of amides is 4. The summed E-state index contributed by atoms with van der Waals surface area (Å²) in [4.78, 5) is 70.9. The van der Waals surface area contributed by atoms with Gasteiger partial charge in [0.25, 0.3) is 0 Å². The number of carbonyl (C=O) groups excluding carboxylic acids is 4. The number of carbonyl (C=O) groups is 4. The molecule has 2 unspecified atom stereocenters. The van der Waals surface area contributed by atoms with Gasteiger partial charge in [-0.15, -0.1) is 0 Å². The maximum absolute atomic E-state index is 13.8. The molecule has 15 nitrogen and oxygen atoms in total. The Morgan fingerprint density at radius 2 is 1.15 bits per heavy atom. The molecule has 316 valence electrons. The number of rotatable bonds is 12. The predicted octanol–water partition coefficient (Wildman–Crippen LogP) is 6.89. The van der Waals surface area contributed by atoms with Crippen LogP contribution in [0.5, 0.6) is 0 Å². The summed E-state index contributed by atoms with van der Waals surface area (Å²) in [5, 5.41) is 5.69. The molecule has 2 aliphatic rings. The van der Waals surface area contributed by atoms with E-state index in [4.69, 9.17) is 42.6 Å². The molecule has 0 aliphatic carbocycles. The molecule has 59 heavy (non-hydrogen) atoms. The van der Waals surface area contributed by atoms with E-state index in [0.29, 0.717) is 52.7 Å². The highest BCUT2D eigenvalue weighted by Crippen LogP contribution is 2.39. The van der Waals surface area contributed by atoms with Gasteiger partial charge in [-0.3, -0.25) is 13.8 Å². The second kappa shape index (κ2) is 18.6. The molecule has 6 atom stereocenters. The molecule has 4 amide bonds. The molecule has 0 radical (unpaired) electrons. The van der Waals surface area contributed by atoms with E-state index in [1.54, 1.807) is 16.1 Å². The molecule has 2 aromatic carbocycles. The van der Waals surface area contributed by atoms with E-state index < -0.39 is 41.1 Å². The van der Waals surface area contributed by atoms with Crippen LogP contribution in [0.25, 0.3) is 33.6 Å². The zero-order valence-corrected chi connectivity index (χ0v) is 36.3. The lowest BCUT2D eigenvalue weighted by molar-refractivity contribution is -0.136. The number of halogens is 2. The molecule has 0 bridgehead atoms. The molecule has 6 rings (SSSR count). The number of imidazole rings is 2. The summed E-state index contributed by atoms with van der Waals surface area (Å²) in [5.41, 5.74) is 4.53. The Morgan fingerprint density at radius 1 is 0.729 bits per heavy atom. The van der Waals surface area contributed by atoms with Gasteiger partial charge in [-0.25, -0.2) is 19.6 Å². The standard InChI is InChI=1S/C41H50Cl2N8O7S/c1-21(2)30(46-40(54)57-5)38(52)50-18-8-9-28(50)36-44-32(34(42)48-36)25-14-10-23(11-15-25)24-12-16-26(17-13-24)33-35(43)49-37(45-33)29-19-27(59(7)56)20-51(29)39(53)31(22(3)4)47-41(55)58-6/h10-17,21-22,27-31H,8-9,18-20H2,1-7H3,(H,44,48)(H,45,49)(H,46,54)(H,47,55)/t27-,28-,29-,30-,31?,59?/m0/s1. The highest BCUT2D eigenvalue weighted by atomic mass is 35.5. The van der Waals surface area contributed by atoms with Crippen LogP contribution in [0, 0.1) is 11.8 Å². The quantitative estimate of drug-likeness (QED) is 0.118. The van der Waals surface area contributed by atoms with Gasteiger partial charge < -0.3 is 39.9 Å². The van der Waals surface area contributed by atoms with Crippen molar-refractivity contribution in [3.8, 4) is 33.6 Å². The lowest BCUT2D eigenvalue weighted by Gasteiger charge is -2.29. The van der Waals surface area contributed by atoms with E-state index in [1.807, 2.05) is 76.2 Å². The lowest BCUT2D eigenvalue weighted by atomic mass is 10.0. The Morgan fingerprint density at radius 3 is 1.58 bits per heavy atom. The van der Waals surface area contributed by atoms with Crippen molar-refractivity contribution in [3.05, 3.63) is 70.5 Å². The van der Waals surface area contributed by atoms with Gasteiger partial charge in [0.1, 0.15) is 45.4 Å². The first kappa shape index (κ1) is 43.6. The third kappa shape index (κ3) is 9.44. The Balaban J connectivity index is 1.17. The number of H-pyrrole nitrogens is 2. The van der Waals surface area contributed by atoms with Gasteiger partial charge in [0.15, 0.2) is 0 Å². The van der Waals surface area contributed by atoms with Crippen LogP contribution in [-0.4, -0.2) is 109 Å². The molecular formula is C41H50Cl2N8O7S. The molecule has 18 heteroatoms. The minimum atomic E-state index is -1.20. The van der Waals surface area contributed by atoms with Gasteiger partial charge in [-0.05, 0) is 42.2 Å². The second-order valence-electron chi connectivity index (χ2n) is 15.5. The maximum Gasteiger partial charge on any atom is 0.407 e. The van der Waals surface area contributed by atoms with Crippen molar-refractivity contribution in [2.75, 3.05) is 33.6 Å². The zero-order valence-electron chi connectivity index (χ0n) is 34.0. The van der Waals surface area contributed by atoms with Crippen LogP contribution in [0.1, 0.15) is 70.7 Å². The van der Waals surface area contributed by atoms with Gasteiger partial charge in [0.05, 0.1) is 31.6 Å². The van der Waals surface area contributed by atoms with Gasteiger partial charge in [0, 0.05) is 41.3 Å². The van der Waals surface area contributed by atoms with Crippen LogP contribution in [0.15, 0.2) is 48.5 Å². The fourth-order valence-electron chi connectivity index (χ4n) is 7.69. The summed E-state index contributed by atoms with van der Waals surface area (Å²) in [7, 11) is 1.30. The maximum atomic E-state index is 13.8. The van der Waals surface area contributed by atoms with E-state index in [-0.39, 0.29) is 41.5 Å². The number of hydrogen-bond acceptors (Lipinski definition) is 9. The third-order valence-corrected chi connectivity index (χ3v) is 12.8. The van der Waals surface area contributed by atoms with Crippen LogP contribution in [-0.2, 0) is 29.9 Å². The van der Waals surface area contributed by atoms with E-state index in [9.17, 15) is 23.4 Å². The zero-order chi connectivity index (χ0) is 42.7. The first-order valence-electron chi connectivity index (χ1n) is 19.5. The van der Waals surface area contributed by atoms with E-state index in [0.717, 1.165) is 28.7 Å². The van der Waals surface area contributed by atoms with E-state index in [1.165, 1.54) is 14.2 Å². The topological polar surface area (TPSA) is 192 Å². The van der Waals surface area contributed by atoms with Crippen molar-refractivity contribution >= 4 is 58.0 Å². The number of hydrogen-bond donors (Lipinski definition) is 4. The first-order valence-corrected chi connectivity index (χ1v) is 21.8. The van der Waals surface area contributed by atoms with Crippen LogP contribution >= 0.6 is 23.2 Å². The molecule has 2 aliphatic heterocycles. The van der Waals surface area contributed by atoms with Crippen LogP contribution in [0.2, 0.25) is 10.3 Å². The number of aromatic amines is 2. The molecule has 0 saturated carbocycles. The Bertz CT molecular complexity index is 2190. The number of likely N-dealkylation sites (tertiary alicyclic amines) is 2. The average Bonchev–Trinajstić information content (AvgIpc) is 4.04. The van der Waals surface area contributed by atoms with E-state index in [2.05, 4.69) is 20.6 Å². The van der Waals surface area contributed by atoms with E-state index >= 15 is 0 Å². The lowest BCUT2D eigenvalue weighted by Crippen LogP contribution is -2.51. The summed E-state index contributed by atoms with van der Waals surface area (Å²) in [5.74, 6) is 0.149. The number of nitrogens with one attached hydrogen (secondary N) is 4. The number of alkyl carbamates (subject to hydrolysis) is 2. The summed E-state index contributed by atoms with van der Waals surface area (Å²) in [6.07, 6.45) is 2.15. The monoisotopic (exact) mass is 868 g/mol. The second-order valence-corrected chi connectivity index (χ2v) is 17.9. The minimum absolute atomic E-state index is 0.150. The van der Waals surface area contributed by atoms with Crippen molar-refractivity contribution < 1.29 is 32.9 Å². The molecule has 2 saturated heterocycles. The molecule has 2 aromatic heterocycles. The SMILES string of the molecule is COC(=O)NC(C(=O)N1C[C@@H](S(C)=O)C[C@H]1c1nc(-c2ccc(-c3ccc(-c4nc([C@@H]5CCCN5C(=O)[C@@H](NC(=O)OC)C(C)C)[nH]c4Cl)cc3)cc2)c(Cl)[nH]1)C(C)C. The van der Waals surface area contributed by atoms with Gasteiger partial charge in [-0.2, -0.15) is 0 Å². The average molecular weight is 870 g/mol. The van der Waals surface area contributed by atoms with Crippen molar-refractivity contribution in [1.82, 2.24) is 40.4 Å². The summed E-state index contributed by atoms with van der Waals surface area (Å²) in [6, 6.07) is 13.1. The number of ether oxygens (including phenoxy) is 2.